The number of fused-ring (bicyclic) bond motifs is 1. The predicted molar refractivity (Wildman–Crippen MR) is 115 cm³/mol. The Morgan fingerprint density at radius 2 is 1.93 bits per heavy atom. The molecule has 4 rings (SSSR count). The molecule has 1 fully saturated rings. The molecular weight excluding hydrogens is 378 g/mol. The summed E-state index contributed by atoms with van der Waals surface area (Å²) in [7, 11) is 1.69. The lowest BCUT2D eigenvalue weighted by atomic mass is 9.97. The number of piperidine rings is 1. The Morgan fingerprint density at radius 1 is 1.10 bits per heavy atom. The summed E-state index contributed by atoms with van der Waals surface area (Å²) in [6, 6.07) is 8.18. The Balaban J connectivity index is 1.28. The molecule has 0 saturated carbocycles. The molecule has 30 heavy (non-hydrogen) atoms. The van der Waals surface area contributed by atoms with Crippen LogP contribution in [0.25, 0.3) is 0 Å². The van der Waals surface area contributed by atoms with Gasteiger partial charge in [-0.15, -0.1) is 10.2 Å². The summed E-state index contributed by atoms with van der Waals surface area (Å²) in [6.07, 6.45) is 6.96. The fraction of sp³-hybridized carbons (Fsp3) is 0.609. The summed E-state index contributed by atoms with van der Waals surface area (Å²) in [5.74, 6) is 2.73. The minimum Gasteiger partial charge on any atom is -0.380 e. The molecule has 1 aromatic carbocycles. The van der Waals surface area contributed by atoms with Crippen LogP contribution in [-0.2, 0) is 35.6 Å². The van der Waals surface area contributed by atoms with Crippen molar-refractivity contribution in [3.05, 3.63) is 47.0 Å². The maximum atomic E-state index is 12.5. The number of carbonyl (C=O) groups excluding carboxylic acids is 1. The first-order chi connectivity index (χ1) is 14.7. The highest BCUT2D eigenvalue weighted by Crippen LogP contribution is 2.27. The van der Waals surface area contributed by atoms with Gasteiger partial charge < -0.3 is 14.6 Å². The van der Waals surface area contributed by atoms with E-state index in [-0.39, 0.29) is 5.91 Å². The van der Waals surface area contributed by atoms with Crippen LogP contribution in [-0.4, -0.2) is 52.3 Å². The molecule has 0 aliphatic carbocycles. The Labute approximate surface area is 178 Å². The van der Waals surface area contributed by atoms with Crippen molar-refractivity contribution in [1.82, 2.24) is 25.0 Å². The molecule has 7 heteroatoms. The molecule has 7 nitrogen and oxygen atoms in total. The molecule has 1 N–H and O–H groups in total. The van der Waals surface area contributed by atoms with E-state index in [1.54, 1.807) is 7.11 Å². The predicted octanol–water partition coefficient (Wildman–Crippen LogP) is 2.65. The lowest BCUT2D eigenvalue weighted by Gasteiger charge is -2.31. The van der Waals surface area contributed by atoms with E-state index in [1.165, 1.54) is 19.3 Å². The summed E-state index contributed by atoms with van der Waals surface area (Å²) >= 11 is 0. The van der Waals surface area contributed by atoms with Gasteiger partial charge in [-0.3, -0.25) is 9.69 Å². The van der Waals surface area contributed by atoms with Crippen LogP contribution >= 0.6 is 0 Å². The number of rotatable bonds is 7. The lowest BCUT2D eigenvalue weighted by molar-refractivity contribution is -0.122. The maximum Gasteiger partial charge on any atom is 0.234 e. The summed E-state index contributed by atoms with van der Waals surface area (Å²) in [5.41, 5.74) is 2.24. The zero-order valence-corrected chi connectivity index (χ0v) is 18.0. The Bertz CT molecular complexity index is 833. The van der Waals surface area contributed by atoms with Gasteiger partial charge in [-0.2, -0.15) is 0 Å². The van der Waals surface area contributed by atoms with Crippen molar-refractivity contribution in [2.75, 3.05) is 26.7 Å². The number of amides is 1. The molecule has 1 amide bonds. The third-order valence-electron chi connectivity index (χ3n) is 6.20. The molecule has 2 aliphatic heterocycles. The standard InChI is InChI=1S/C23H33N5O2/c1-30-17-19-10-8-18(9-11-19)14-24-22(29)16-27-12-5-6-20(15-27)23-26-25-21-7-3-2-4-13-28(21)23/h8-11,20H,2-7,12-17H2,1H3,(H,24,29). The highest BCUT2D eigenvalue weighted by Gasteiger charge is 2.28. The second-order valence-corrected chi connectivity index (χ2v) is 8.54. The van der Waals surface area contributed by atoms with E-state index in [2.05, 4.69) is 25.0 Å². The summed E-state index contributed by atoms with van der Waals surface area (Å²) in [6.45, 7) is 4.50. The van der Waals surface area contributed by atoms with Crippen molar-refractivity contribution in [3.8, 4) is 0 Å². The van der Waals surface area contributed by atoms with Crippen LogP contribution in [0.5, 0.6) is 0 Å². The second kappa shape index (κ2) is 10.2. The van der Waals surface area contributed by atoms with Gasteiger partial charge in [0.2, 0.25) is 5.91 Å². The minimum absolute atomic E-state index is 0.0803. The largest absolute Gasteiger partial charge is 0.380 e. The van der Waals surface area contributed by atoms with Crippen molar-refractivity contribution < 1.29 is 9.53 Å². The van der Waals surface area contributed by atoms with Gasteiger partial charge in [0.05, 0.1) is 13.2 Å². The monoisotopic (exact) mass is 411 g/mol. The van der Waals surface area contributed by atoms with Gasteiger partial charge >= 0.3 is 0 Å². The van der Waals surface area contributed by atoms with Crippen LogP contribution in [0.4, 0.5) is 0 Å². The van der Waals surface area contributed by atoms with Crippen molar-refractivity contribution >= 4 is 5.91 Å². The van der Waals surface area contributed by atoms with Gasteiger partial charge in [-0.1, -0.05) is 30.7 Å². The summed E-state index contributed by atoms with van der Waals surface area (Å²) < 4.78 is 7.49. The molecule has 1 atom stereocenters. The normalized spacial score (nSPS) is 19.8. The van der Waals surface area contributed by atoms with E-state index >= 15 is 0 Å². The van der Waals surface area contributed by atoms with E-state index in [1.807, 2.05) is 24.3 Å². The van der Waals surface area contributed by atoms with E-state index in [4.69, 9.17) is 4.74 Å². The van der Waals surface area contributed by atoms with Gasteiger partial charge in [-0.25, -0.2) is 0 Å². The SMILES string of the molecule is COCc1ccc(CNC(=O)CN2CCCC(c3nnc4n3CCCCC4)C2)cc1. The molecule has 0 radical (unpaired) electrons. The first kappa shape index (κ1) is 21.0. The van der Waals surface area contributed by atoms with Crippen LogP contribution < -0.4 is 5.32 Å². The zero-order valence-electron chi connectivity index (χ0n) is 18.0. The van der Waals surface area contributed by atoms with Crippen molar-refractivity contribution in [2.24, 2.45) is 0 Å². The first-order valence-corrected chi connectivity index (χ1v) is 11.2. The highest BCUT2D eigenvalue weighted by molar-refractivity contribution is 5.78. The van der Waals surface area contributed by atoms with Crippen molar-refractivity contribution in [3.63, 3.8) is 0 Å². The minimum atomic E-state index is 0.0803. The van der Waals surface area contributed by atoms with Crippen molar-refractivity contribution in [2.45, 2.75) is 64.1 Å². The van der Waals surface area contributed by atoms with Crippen molar-refractivity contribution in [1.29, 1.82) is 0 Å². The van der Waals surface area contributed by atoms with Gasteiger partial charge in [0.25, 0.3) is 0 Å². The number of methoxy groups -OCH3 is 1. The third-order valence-corrected chi connectivity index (χ3v) is 6.20. The Kier molecular flexibility index (Phi) is 7.12. The number of nitrogens with zero attached hydrogens (tertiary/aromatic N) is 4. The molecule has 2 aliphatic rings. The average molecular weight is 412 g/mol. The van der Waals surface area contributed by atoms with Gasteiger partial charge in [0, 0.05) is 39.1 Å². The van der Waals surface area contributed by atoms with Gasteiger partial charge in [0.15, 0.2) is 0 Å². The number of aryl methyl sites for hydroxylation is 1. The first-order valence-electron chi connectivity index (χ1n) is 11.2. The van der Waals surface area contributed by atoms with Crippen LogP contribution in [0.3, 0.4) is 0 Å². The average Bonchev–Trinajstić information content (AvgIpc) is 3.02. The Hall–Kier alpha value is -2.25. The van der Waals surface area contributed by atoms with Gasteiger partial charge in [-0.05, 0) is 43.4 Å². The van der Waals surface area contributed by atoms with Crippen LogP contribution in [0, 0.1) is 0 Å². The molecule has 3 heterocycles. The van der Waals surface area contributed by atoms with E-state index in [9.17, 15) is 4.79 Å². The van der Waals surface area contributed by atoms with Crippen LogP contribution in [0.1, 0.15) is 60.8 Å². The number of ether oxygens (including phenoxy) is 1. The summed E-state index contributed by atoms with van der Waals surface area (Å²) in [5, 5.41) is 12.1. The van der Waals surface area contributed by atoms with E-state index in [0.29, 0.717) is 25.6 Å². The quantitative estimate of drug-likeness (QED) is 0.758. The molecule has 2 aromatic rings. The number of nitrogens with one attached hydrogen (secondary N) is 1. The molecule has 1 aromatic heterocycles. The fourth-order valence-corrected chi connectivity index (χ4v) is 4.60. The number of hydrogen-bond donors (Lipinski definition) is 1. The fourth-order valence-electron chi connectivity index (χ4n) is 4.60. The third kappa shape index (κ3) is 5.26. The molecule has 0 spiro atoms. The molecular formula is C23H33N5O2. The number of carbonyl (C=O) groups is 1. The van der Waals surface area contributed by atoms with Crippen LogP contribution in [0.15, 0.2) is 24.3 Å². The molecule has 0 bridgehead atoms. The number of aromatic nitrogens is 3. The van der Waals surface area contributed by atoms with Gasteiger partial charge in [0.1, 0.15) is 11.6 Å². The lowest BCUT2D eigenvalue weighted by Crippen LogP contribution is -2.42. The van der Waals surface area contributed by atoms with Crippen LogP contribution in [0.2, 0.25) is 0 Å². The topological polar surface area (TPSA) is 72.3 Å². The summed E-state index contributed by atoms with van der Waals surface area (Å²) in [4.78, 5) is 14.8. The van der Waals surface area contributed by atoms with E-state index in [0.717, 1.165) is 61.7 Å². The molecule has 1 saturated heterocycles. The second-order valence-electron chi connectivity index (χ2n) is 8.54. The van der Waals surface area contributed by atoms with E-state index < -0.39 is 0 Å². The maximum absolute atomic E-state index is 12.5. The number of hydrogen-bond acceptors (Lipinski definition) is 5. The Morgan fingerprint density at radius 3 is 2.77 bits per heavy atom. The molecule has 162 valence electrons. The number of likely N-dealkylation sites (tertiary alicyclic amines) is 1. The molecule has 1 unspecified atom stereocenters. The number of benzene rings is 1. The zero-order chi connectivity index (χ0) is 20.8. The highest BCUT2D eigenvalue weighted by atomic mass is 16.5. The smallest absolute Gasteiger partial charge is 0.234 e.